The van der Waals surface area contributed by atoms with Gasteiger partial charge in [0, 0.05) is 15.6 Å². The maximum Gasteiger partial charge on any atom is 0.120 e. The summed E-state index contributed by atoms with van der Waals surface area (Å²) in [6.45, 7) is 5.82. The van der Waals surface area contributed by atoms with Crippen molar-refractivity contribution in [1.29, 1.82) is 0 Å². The van der Waals surface area contributed by atoms with Gasteiger partial charge in [-0.3, -0.25) is 0 Å². The molecule has 0 saturated carbocycles. The van der Waals surface area contributed by atoms with E-state index in [1.54, 1.807) is 0 Å². The highest BCUT2D eigenvalue weighted by atomic mass is 35.5. The van der Waals surface area contributed by atoms with Crippen molar-refractivity contribution in [2.24, 2.45) is 0 Å². The van der Waals surface area contributed by atoms with Crippen molar-refractivity contribution in [2.45, 2.75) is 33.6 Å². The van der Waals surface area contributed by atoms with Crippen LogP contribution in [0.4, 0.5) is 0 Å². The molecule has 0 heterocycles. The lowest BCUT2D eigenvalue weighted by Crippen LogP contribution is -1.94. The fourth-order valence-corrected chi connectivity index (χ4v) is 2.49. The smallest absolute Gasteiger partial charge is 0.120 e. The minimum atomic E-state index is 0.182. The zero-order valence-corrected chi connectivity index (χ0v) is 13.5. The molecule has 1 aromatic carbocycles. The molecule has 0 amide bonds. The second kappa shape index (κ2) is 7.23. The van der Waals surface area contributed by atoms with Gasteiger partial charge in [-0.15, -0.1) is 0 Å². The number of aromatic hydroxyl groups is 1. The first kappa shape index (κ1) is 16.4. The van der Waals surface area contributed by atoms with Crippen molar-refractivity contribution in [2.75, 3.05) is 0 Å². The van der Waals surface area contributed by atoms with Crippen LogP contribution in [0.3, 0.4) is 0 Å². The quantitative estimate of drug-likeness (QED) is 0.649. The van der Waals surface area contributed by atoms with Crippen LogP contribution in [0.1, 0.15) is 37.8 Å². The highest BCUT2D eigenvalue weighted by Crippen LogP contribution is 2.39. The molecule has 0 saturated heterocycles. The molecular formula is C15H17Cl3O. The first-order chi connectivity index (χ1) is 8.99. The minimum absolute atomic E-state index is 0.182. The third-order valence-electron chi connectivity index (χ3n) is 2.75. The summed E-state index contributed by atoms with van der Waals surface area (Å²) in [6.07, 6.45) is 3.33. The van der Waals surface area contributed by atoms with Crippen molar-refractivity contribution in [3.8, 4) is 5.75 Å². The molecule has 0 atom stereocenters. The van der Waals surface area contributed by atoms with Gasteiger partial charge < -0.3 is 5.11 Å². The standard InChI is InChI=1S/C13H11Cl3O.C2H6/c1-7-4-9(12(16)6-13(7)17)10-5-8(14)2-3-11(10)15;1-2/h4-6,17H,2-3H2,1H3;1-2H3. The summed E-state index contributed by atoms with van der Waals surface area (Å²) in [4.78, 5) is 0. The molecule has 1 N–H and O–H groups in total. The van der Waals surface area contributed by atoms with Gasteiger partial charge in [-0.1, -0.05) is 48.7 Å². The number of phenolic OH excluding ortho intramolecular Hbond substituents is 1. The Bertz CT molecular complexity index is 530. The Kier molecular flexibility index (Phi) is 6.25. The number of hydrogen-bond acceptors (Lipinski definition) is 1. The van der Waals surface area contributed by atoms with Crippen LogP contribution in [0.2, 0.25) is 5.02 Å². The Morgan fingerprint density at radius 1 is 1.05 bits per heavy atom. The van der Waals surface area contributed by atoms with E-state index in [4.69, 9.17) is 34.8 Å². The molecule has 0 unspecified atom stereocenters. The van der Waals surface area contributed by atoms with Gasteiger partial charge in [0.25, 0.3) is 0 Å². The minimum Gasteiger partial charge on any atom is -0.508 e. The number of halogens is 3. The maximum atomic E-state index is 9.57. The van der Waals surface area contributed by atoms with Crippen molar-refractivity contribution in [3.63, 3.8) is 0 Å². The van der Waals surface area contributed by atoms with Gasteiger partial charge in [0.2, 0.25) is 0 Å². The predicted octanol–water partition coefficient (Wildman–Crippen LogP) is 6.25. The van der Waals surface area contributed by atoms with Gasteiger partial charge in [0.05, 0.1) is 5.02 Å². The van der Waals surface area contributed by atoms with E-state index in [0.717, 1.165) is 39.6 Å². The van der Waals surface area contributed by atoms with E-state index >= 15 is 0 Å². The Balaban J connectivity index is 0.000000861. The number of phenols is 1. The summed E-state index contributed by atoms with van der Waals surface area (Å²) in [7, 11) is 0. The molecule has 0 radical (unpaired) electrons. The van der Waals surface area contributed by atoms with Crippen molar-refractivity contribution >= 4 is 40.4 Å². The number of aryl methyl sites for hydroxylation is 1. The highest BCUT2D eigenvalue weighted by molar-refractivity contribution is 6.37. The molecule has 1 aromatic rings. The SMILES string of the molecule is CC.Cc1cc(C2=C(Cl)CCC(Cl)=C2)c(Cl)cc1O. The zero-order valence-electron chi connectivity index (χ0n) is 11.2. The summed E-state index contributed by atoms with van der Waals surface area (Å²) < 4.78 is 0. The molecule has 2 rings (SSSR count). The first-order valence-corrected chi connectivity index (χ1v) is 7.36. The van der Waals surface area contributed by atoms with Crippen LogP contribution >= 0.6 is 34.8 Å². The molecule has 104 valence electrons. The van der Waals surface area contributed by atoms with Gasteiger partial charge in [-0.05, 0) is 49.1 Å². The van der Waals surface area contributed by atoms with Crippen LogP contribution in [0.25, 0.3) is 5.57 Å². The lowest BCUT2D eigenvalue weighted by molar-refractivity contribution is 0.471. The second-order valence-electron chi connectivity index (χ2n) is 4.03. The Morgan fingerprint density at radius 3 is 2.32 bits per heavy atom. The fraction of sp³-hybridized carbons (Fsp3) is 0.333. The molecule has 1 aliphatic rings. The van der Waals surface area contributed by atoms with E-state index in [1.807, 2.05) is 32.9 Å². The Morgan fingerprint density at radius 2 is 1.68 bits per heavy atom. The second-order valence-corrected chi connectivity index (χ2v) is 5.38. The number of allylic oxidation sites excluding steroid dienone is 4. The van der Waals surface area contributed by atoms with Gasteiger partial charge in [0.1, 0.15) is 5.75 Å². The Hall–Kier alpha value is -0.630. The van der Waals surface area contributed by atoms with Crippen LogP contribution in [0, 0.1) is 6.92 Å². The van der Waals surface area contributed by atoms with E-state index in [1.165, 1.54) is 6.07 Å². The Labute approximate surface area is 129 Å². The molecular weight excluding hydrogens is 303 g/mol. The van der Waals surface area contributed by atoms with Crippen molar-refractivity contribution < 1.29 is 5.11 Å². The molecule has 1 nitrogen and oxygen atoms in total. The molecule has 0 fully saturated rings. The number of benzene rings is 1. The highest BCUT2D eigenvalue weighted by Gasteiger charge is 2.16. The molecule has 0 spiro atoms. The average molecular weight is 320 g/mol. The van der Waals surface area contributed by atoms with E-state index in [9.17, 15) is 5.11 Å². The monoisotopic (exact) mass is 318 g/mol. The van der Waals surface area contributed by atoms with Crippen LogP contribution in [0.5, 0.6) is 5.75 Å². The van der Waals surface area contributed by atoms with E-state index in [-0.39, 0.29) is 5.75 Å². The summed E-state index contributed by atoms with van der Waals surface area (Å²) in [5.74, 6) is 0.182. The average Bonchev–Trinajstić information content (AvgIpc) is 2.39. The van der Waals surface area contributed by atoms with Gasteiger partial charge in [0.15, 0.2) is 0 Å². The van der Waals surface area contributed by atoms with Gasteiger partial charge >= 0.3 is 0 Å². The predicted molar refractivity (Wildman–Crippen MR) is 85.1 cm³/mol. The van der Waals surface area contributed by atoms with E-state index < -0.39 is 0 Å². The topological polar surface area (TPSA) is 20.2 Å². The molecule has 19 heavy (non-hydrogen) atoms. The van der Waals surface area contributed by atoms with Crippen LogP contribution in [-0.4, -0.2) is 5.11 Å². The maximum absolute atomic E-state index is 9.57. The molecule has 1 aliphatic carbocycles. The van der Waals surface area contributed by atoms with Crippen LogP contribution in [-0.2, 0) is 0 Å². The summed E-state index contributed by atoms with van der Waals surface area (Å²) in [6, 6.07) is 3.35. The third-order valence-corrected chi connectivity index (χ3v) is 3.76. The summed E-state index contributed by atoms with van der Waals surface area (Å²) in [5, 5.41) is 11.6. The largest absolute Gasteiger partial charge is 0.508 e. The zero-order chi connectivity index (χ0) is 14.6. The molecule has 0 bridgehead atoms. The van der Waals surface area contributed by atoms with E-state index in [0.29, 0.717) is 5.02 Å². The third kappa shape index (κ3) is 3.92. The number of hydrogen-bond donors (Lipinski definition) is 1. The van der Waals surface area contributed by atoms with Crippen LogP contribution in [0.15, 0.2) is 28.3 Å². The molecule has 4 heteroatoms. The summed E-state index contributed by atoms with van der Waals surface area (Å²) >= 11 is 18.4. The molecule has 0 aliphatic heterocycles. The van der Waals surface area contributed by atoms with Crippen LogP contribution < -0.4 is 0 Å². The molecule has 0 aromatic heterocycles. The van der Waals surface area contributed by atoms with Gasteiger partial charge in [-0.25, -0.2) is 0 Å². The van der Waals surface area contributed by atoms with Gasteiger partial charge in [-0.2, -0.15) is 0 Å². The fourth-order valence-electron chi connectivity index (χ4n) is 1.77. The lowest BCUT2D eigenvalue weighted by Gasteiger charge is -2.15. The first-order valence-electron chi connectivity index (χ1n) is 6.23. The number of rotatable bonds is 1. The van der Waals surface area contributed by atoms with Crippen molar-refractivity contribution in [1.82, 2.24) is 0 Å². The lowest BCUT2D eigenvalue weighted by atomic mass is 9.97. The van der Waals surface area contributed by atoms with E-state index in [2.05, 4.69) is 0 Å². The summed E-state index contributed by atoms with van der Waals surface area (Å²) in [5.41, 5.74) is 2.41. The normalized spacial score (nSPS) is 14.7. The van der Waals surface area contributed by atoms with Crippen molar-refractivity contribution in [3.05, 3.63) is 44.4 Å².